The van der Waals surface area contributed by atoms with Gasteiger partial charge in [0.05, 0.1) is 25.7 Å². The van der Waals surface area contributed by atoms with E-state index in [2.05, 4.69) is 18.0 Å². The average Bonchev–Trinajstić information content (AvgIpc) is 2.95. The maximum atomic E-state index is 8.72. The van der Waals surface area contributed by atoms with Crippen LogP contribution in [0.2, 0.25) is 0 Å². The summed E-state index contributed by atoms with van der Waals surface area (Å²) in [6.45, 7) is 5.28. The molecule has 1 aromatic carbocycles. The number of hydrogen-bond donors (Lipinski definition) is 0. The van der Waals surface area contributed by atoms with Crippen molar-refractivity contribution in [1.29, 1.82) is 5.26 Å². The molecule has 0 saturated carbocycles. The fourth-order valence-electron chi connectivity index (χ4n) is 1.84. The van der Waals surface area contributed by atoms with Crippen LogP contribution in [0.5, 0.6) is 11.5 Å². The van der Waals surface area contributed by atoms with Crippen LogP contribution in [0.1, 0.15) is 25.1 Å². The molecule has 0 saturated heterocycles. The second kappa shape index (κ2) is 7.65. The Kier molecular flexibility index (Phi) is 5.59. The third-order valence-corrected chi connectivity index (χ3v) is 3.81. The lowest BCUT2D eigenvalue weighted by atomic mass is 10.2. The van der Waals surface area contributed by atoms with Gasteiger partial charge in [-0.2, -0.15) is 5.26 Å². The highest BCUT2D eigenvalue weighted by atomic mass is 32.1. The zero-order chi connectivity index (χ0) is 15.1. The second-order valence-corrected chi connectivity index (χ2v) is 5.52. The van der Waals surface area contributed by atoms with Gasteiger partial charge in [0.15, 0.2) is 11.5 Å². The first-order chi connectivity index (χ1) is 10.3. The molecular weight excluding hydrogens is 284 g/mol. The molecule has 5 heteroatoms. The quantitative estimate of drug-likeness (QED) is 0.774. The summed E-state index contributed by atoms with van der Waals surface area (Å²) in [5.41, 5.74) is 0.983. The summed E-state index contributed by atoms with van der Waals surface area (Å²) < 4.78 is 11.3. The Labute approximate surface area is 129 Å². The first-order valence-electron chi connectivity index (χ1n) is 7.00. The lowest BCUT2D eigenvalue weighted by molar-refractivity contribution is 0.277. The summed E-state index contributed by atoms with van der Waals surface area (Å²) in [6, 6.07) is 7.98. The Morgan fingerprint density at radius 3 is 2.81 bits per heavy atom. The molecule has 0 spiro atoms. The number of aromatic nitrogens is 1. The van der Waals surface area contributed by atoms with E-state index in [0.717, 1.165) is 33.4 Å². The monoisotopic (exact) mass is 302 g/mol. The van der Waals surface area contributed by atoms with Gasteiger partial charge in [0.2, 0.25) is 0 Å². The maximum Gasteiger partial charge on any atom is 0.161 e. The van der Waals surface area contributed by atoms with Crippen molar-refractivity contribution in [3.05, 3.63) is 29.3 Å². The third-order valence-electron chi connectivity index (χ3n) is 2.76. The van der Waals surface area contributed by atoms with Gasteiger partial charge in [-0.15, -0.1) is 11.3 Å². The molecule has 0 fully saturated rings. The van der Waals surface area contributed by atoms with Gasteiger partial charge >= 0.3 is 0 Å². The molecule has 0 unspecified atom stereocenters. The van der Waals surface area contributed by atoms with E-state index < -0.39 is 0 Å². The van der Waals surface area contributed by atoms with Gasteiger partial charge < -0.3 is 9.47 Å². The van der Waals surface area contributed by atoms with Gasteiger partial charge in [-0.05, 0) is 31.5 Å². The molecule has 110 valence electrons. The van der Waals surface area contributed by atoms with E-state index in [1.165, 1.54) is 11.3 Å². The third kappa shape index (κ3) is 3.96. The molecule has 0 N–H and O–H groups in total. The Balaban J connectivity index is 2.27. The number of hydrogen-bond acceptors (Lipinski definition) is 5. The van der Waals surface area contributed by atoms with Crippen LogP contribution < -0.4 is 9.47 Å². The summed E-state index contributed by atoms with van der Waals surface area (Å²) in [4.78, 5) is 5.34. The van der Waals surface area contributed by atoms with Crippen molar-refractivity contribution in [2.45, 2.75) is 26.7 Å². The fourth-order valence-corrected chi connectivity index (χ4v) is 2.68. The lowest BCUT2D eigenvalue weighted by Crippen LogP contribution is -2.00. The van der Waals surface area contributed by atoms with Crippen LogP contribution >= 0.6 is 11.3 Å². The standard InChI is InChI=1S/C16H18N2O2S/c1-3-9-20-14-6-5-12(10-15(14)19-4-2)16-18-11-13(21-16)7-8-17/h5-6,10-11H,3-4,7,9H2,1-2H3. The van der Waals surface area contributed by atoms with E-state index in [1.807, 2.05) is 25.1 Å². The van der Waals surface area contributed by atoms with E-state index in [1.54, 1.807) is 6.20 Å². The van der Waals surface area contributed by atoms with Crippen molar-refractivity contribution < 1.29 is 9.47 Å². The molecule has 1 aromatic heterocycles. The van der Waals surface area contributed by atoms with Crippen molar-refractivity contribution in [2.75, 3.05) is 13.2 Å². The van der Waals surface area contributed by atoms with E-state index in [-0.39, 0.29) is 0 Å². The van der Waals surface area contributed by atoms with Gasteiger partial charge in [0.1, 0.15) is 5.01 Å². The SMILES string of the molecule is CCCOc1ccc(-c2ncc(CC#N)s2)cc1OCC. The molecule has 0 radical (unpaired) electrons. The van der Waals surface area contributed by atoms with Crippen molar-refractivity contribution in [3.8, 4) is 28.1 Å². The van der Waals surface area contributed by atoms with Gasteiger partial charge in [-0.25, -0.2) is 4.98 Å². The van der Waals surface area contributed by atoms with Crippen molar-refractivity contribution in [1.82, 2.24) is 4.98 Å². The van der Waals surface area contributed by atoms with Crippen molar-refractivity contribution in [3.63, 3.8) is 0 Å². The molecule has 0 aliphatic carbocycles. The molecule has 21 heavy (non-hydrogen) atoms. The lowest BCUT2D eigenvalue weighted by Gasteiger charge is -2.12. The Hall–Kier alpha value is -2.06. The summed E-state index contributed by atoms with van der Waals surface area (Å²) in [5.74, 6) is 1.50. The smallest absolute Gasteiger partial charge is 0.161 e. The average molecular weight is 302 g/mol. The summed E-state index contributed by atoms with van der Waals surface area (Å²) >= 11 is 1.53. The van der Waals surface area contributed by atoms with Crippen LogP contribution in [0.15, 0.2) is 24.4 Å². The maximum absolute atomic E-state index is 8.72. The number of nitrogens with zero attached hydrogens (tertiary/aromatic N) is 2. The van der Waals surface area contributed by atoms with E-state index in [4.69, 9.17) is 14.7 Å². The van der Waals surface area contributed by atoms with E-state index >= 15 is 0 Å². The number of rotatable bonds is 7. The molecule has 0 aliphatic heterocycles. The molecule has 0 amide bonds. The van der Waals surface area contributed by atoms with Crippen LogP contribution in [0, 0.1) is 11.3 Å². The molecule has 4 nitrogen and oxygen atoms in total. The first-order valence-corrected chi connectivity index (χ1v) is 7.81. The predicted molar refractivity (Wildman–Crippen MR) is 83.8 cm³/mol. The van der Waals surface area contributed by atoms with E-state index in [9.17, 15) is 0 Å². The minimum atomic E-state index is 0.397. The minimum Gasteiger partial charge on any atom is -0.490 e. The zero-order valence-corrected chi connectivity index (χ0v) is 13.1. The molecule has 0 aliphatic rings. The molecule has 1 heterocycles. The minimum absolute atomic E-state index is 0.397. The van der Waals surface area contributed by atoms with Crippen molar-refractivity contribution in [2.24, 2.45) is 0 Å². The van der Waals surface area contributed by atoms with Crippen LogP contribution in [-0.2, 0) is 6.42 Å². The number of ether oxygens (including phenoxy) is 2. The topological polar surface area (TPSA) is 55.1 Å². The summed E-state index contributed by atoms with van der Waals surface area (Å²) in [6.07, 6.45) is 3.11. The normalized spacial score (nSPS) is 10.1. The highest BCUT2D eigenvalue weighted by Gasteiger charge is 2.10. The molecule has 0 bridgehead atoms. The highest BCUT2D eigenvalue weighted by molar-refractivity contribution is 7.15. The molecule has 2 rings (SSSR count). The van der Waals surface area contributed by atoms with Gasteiger partial charge in [0, 0.05) is 16.6 Å². The Morgan fingerprint density at radius 1 is 1.24 bits per heavy atom. The van der Waals surface area contributed by atoms with Gasteiger partial charge in [0.25, 0.3) is 0 Å². The van der Waals surface area contributed by atoms with Gasteiger partial charge in [-0.3, -0.25) is 0 Å². The van der Waals surface area contributed by atoms with E-state index in [0.29, 0.717) is 19.6 Å². The largest absolute Gasteiger partial charge is 0.490 e. The summed E-state index contributed by atoms with van der Waals surface area (Å²) in [7, 11) is 0. The number of benzene rings is 1. The van der Waals surface area contributed by atoms with Crippen molar-refractivity contribution >= 4 is 11.3 Å². The molecule has 0 atom stereocenters. The Bertz CT molecular complexity index is 631. The zero-order valence-electron chi connectivity index (χ0n) is 12.3. The summed E-state index contributed by atoms with van der Waals surface area (Å²) in [5, 5.41) is 9.62. The van der Waals surface area contributed by atoms with Crippen LogP contribution in [0.3, 0.4) is 0 Å². The number of thiazole rings is 1. The molecule has 2 aromatic rings. The molecular formula is C16H18N2O2S. The Morgan fingerprint density at radius 2 is 2.10 bits per heavy atom. The second-order valence-electron chi connectivity index (χ2n) is 4.41. The van der Waals surface area contributed by atoms with Crippen LogP contribution in [-0.4, -0.2) is 18.2 Å². The highest BCUT2D eigenvalue weighted by Crippen LogP contribution is 2.34. The van der Waals surface area contributed by atoms with Crippen LogP contribution in [0.25, 0.3) is 10.6 Å². The first kappa shape index (κ1) is 15.3. The fraction of sp³-hybridized carbons (Fsp3) is 0.375. The van der Waals surface area contributed by atoms with Crippen LogP contribution in [0.4, 0.5) is 0 Å². The number of nitriles is 1. The van der Waals surface area contributed by atoms with Gasteiger partial charge in [-0.1, -0.05) is 6.92 Å². The predicted octanol–water partition coefficient (Wildman–Crippen LogP) is 4.06.